The van der Waals surface area contributed by atoms with E-state index >= 15 is 0 Å². The van der Waals surface area contributed by atoms with Crippen LogP contribution in [0.1, 0.15) is 20.8 Å². The van der Waals surface area contributed by atoms with E-state index in [1.54, 1.807) is 51.1 Å². The molecule has 18 heavy (non-hydrogen) atoms. The van der Waals surface area contributed by atoms with Crippen molar-refractivity contribution >= 4 is 11.6 Å². The number of carbonyl (C=O) groups excluding carboxylic acids is 1. The Bertz CT molecular complexity index is 505. The second-order valence-electron chi connectivity index (χ2n) is 4.91. The molecule has 0 aliphatic rings. The summed E-state index contributed by atoms with van der Waals surface area (Å²) in [6.07, 6.45) is 0. The number of nitriles is 1. The first-order valence-electron chi connectivity index (χ1n) is 5.56. The fraction of sp³-hybridized carbons (Fsp3) is 0.286. The second-order valence-corrected chi connectivity index (χ2v) is 4.91. The first kappa shape index (κ1) is 13.8. The molecule has 0 saturated carbocycles. The number of para-hydroxylation sites is 1. The van der Waals surface area contributed by atoms with Crippen molar-refractivity contribution in [1.82, 2.24) is 0 Å². The minimum absolute atomic E-state index is 0.210. The van der Waals surface area contributed by atoms with Crippen LogP contribution in [0.3, 0.4) is 0 Å². The second kappa shape index (κ2) is 5.37. The topological polar surface area (TPSA) is 73.1 Å². The van der Waals surface area contributed by atoms with Crippen LogP contribution in [0.4, 0.5) is 5.69 Å². The van der Waals surface area contributed by atoms with Crippen molar-refractivity contribution in [2.24, 2.45) is 5.41 Å². The Hall–Kier alpha value is -2.28. The Morgan fingerprint density at radius 1 is 1.28 bits per heavy atom. The third-order valence-electron chi connectivity index (χ3n) is 2.32. The number of nitrogens with one attached hydrogen (secondary N) is 1. The van der Waals surface area contributed by atoms with Gasteiger partial charge in [0.1, 0.15) is 11.8 Å². The van der Waals surface area contributed by atoms with Crippen molar-refractivity contribution in [2.45, 2.75) is 20.8 Å². The maximum atomic E-state index is 11.9. The molecule has 2 N–H and O–H groups in total. The van der Waals surface area contributed by atoms with E-state index in [2.05, 4.69) is 5.32 Å². The zero-order chi connectivity index (χ0) is 13.8. The Labute approximate surface area is 107 Å². The van der Waals surface area contributed by atoms with Crippen LogP contribution in [-0.4, -0.2) is 11.0 Å². The van der Waals surface area contributed by atoms with Crippen LogP contribution in [-0.2, 0) is 4.79 Å². The molecule has 1 rings (SSSR count). The van der Waals surface area contributed by atoms with Crippen molar-refractivity contribution in [1.29, 1.82) is 5.26 Å². The summed E-state index contributed by atoms with van der Waals surface area (Å²) < 4.78 is 0. The quantitative estimate of drug-likeness (QED) is 0.477. The summed E-state index contributed by atoms with van der Waals surface area (Å²) >= 11 is 0. The molecule has 0 saturated heterocycles. The highest BCUT2D eigenvalue weighted by Gasteiger charge is 2.24. The number of anilines is 1. The van der Waals surface area contributed by atoms with Crippen molar-refractivity contribution in [3.05, 3.63) is 41.7 Å². The summed E-state index contributed by atoms with van der Waals surface area (Å²) in [6.45, 7) is 5.19. The predicted molar refractivity (Wildman–Crippen MR) is 69.8 cm³/mol. The SMILES string of the molecule is CC(C)(C)C(O)=C(C#N)C(=O)Nc1ccccc1. The summed E-state index contributed by atoms with van der Waals surface area (Å²) in [4.78, 5) is 11.9. The van der Waals surface area contributed by atoms with Crippen LogP contribution in [0.5, 0.6) is 0 Å². The highest BCUT2D eigenvalue weighted by atomic mass is 16.3. The van der Waals surface area contributed by atoms with Crippen LogP contribution in [0.15, 0.2) is 41.7 Å². The van der Waals surface area contributed by atoms with Gasteiger partial charge in [0.25, 0.3) is 5.91 Å². The van der Waals surface area contributed by atoms with Gasteiger partial charge in [0.05, 0.1) is 0 Å². The zero-order valence-electron chi connectivity index (χ0n) is 10.7. The van der Waals surface area contributed by atoms with Crippen LogP contribution in [0.25, 0.3) is 0 Å². The van der Waals surface area contributed by atoms with Gasteiger partial charge in [-0.25, -0.2) is 0 Å². The van der Waals surface area contributed by atoms with Crippen molar-refractivity contribution in [2.75, 3.05) is 5.32 Å². The molecular formula is C14H16N2O2. The van der Waals surface area contributed by atoms with Crippen molar-refractivity contribution < 1.29 is 9.90 Å². The normalized spacial score (nSPS) is 12.3. The van der Waals surface area contributed by atoms with Crippen LogP contribution >= 0.6 is 0 Å². The fourth-order valence-corrected chi connectivity index (χ4v) is 1.30. The van der Waals surface area contributed by atoms with E-state index in [4.69, 9.17) is 5.26 Å². The standard InChI is InChI=1S/C14H16N2O2/c1-14(2,3)12(17)11(9-15)13(18)16-10-7-5-4-6-8-10/h4-8,17H,1-3H3,(H,16,18). The molecule has 0 spiro atoms. The van der Waals surface area contributed by atoms with Gasteiger partial charge in [0.15, 0.2) is 5.57 Å². The maximum Gasteiger partial charge on any atom is 0.269 e. The molecule has 94 valence electrons. The molecule has 1 amide bonds. The molecule has 0 atom stereocenters. The number of aliphatic hydroxyl groups excluding tert-OH is 1. The predicted octanol–water partition coefficient (Wildman–Crippen LogP) is 3.01. The average Bonchev–Trinajstić information content (AvgIpc) is 2.29. The minimum Gasteiger partial charge on any atom is -0.510 e. The Morgan fingerprint density at radius 3 is 2.28 bits per heavy atom. The Kier molecular flexibility index (Phi) is 4.11. The first-order valence-corrected chi connectivity index (χ1v) is 5.56. The average molecular weight is 244 g/mol. The van der Waals surface area contributed by atoms with Gasteiger partial charge in [-0.3, -0.25) is 4.79 Å². The molecule has 4 heteroatoms. The number of carbonyl (C=O) groups is 1. The summed E-state index contributed by atoms with van der Waals surface area (Å²) in [5, 5.41) is 21.4. The van der Waals surface area contributed by atoms with Gasteiger partial charge < -0.3 is 10.4 Å². The third kappa shape index (κ3) is 3.36. The molecule has 1 aromatic carbocycles. The zero-order valence-corrected chi connectivity index (χ0v) is 10.7. The number of allylic oxidation sites excluding steroid dienone is 1. The molecule has 0 aliphatic carbocycles. The lowest BCUT2D eigenvalue weighted by Crippen LogP contribution is -2.20. The van der Waals surface area contributed by atoms with E-state index in [1.165, 1.54) is 0 Å². The number of nitrogens with zero attached hydrogens (tertiary/aromatic N) is 1. The lowest BCUT2D eigenvalue weighted by Gasteiger charge is -2.18. The summed E-state index contributed by atoms with van der Waals surface area (Å²) in [6, 6.07) is 10.5. The highest BCUT2D eigenvalue weighted by Crippen LogP contribution is 2.25. The van der Waals surface area contributed by atoms with Crippen LogP contribution in [0, 0.1) is 16.7 Å². The van der Waals surface area contributed by atoms with E-state index in [-0.39, 0.29) is 11.3 Å². The molecule has 1 aromatic rings. The van der Waals surface area contributed by atoms with Gasteiger partial charge in [-0.05, 0) is 12.1 Å². The minimum atomic E-state index is -0.640. The summed E-state index contributed by atoms with van der Waals surface area (Å²) in [7, 11) is 0. The van der Waals surface area contributed by atoms with E-state index < -0.39 is 11.3 Å². The van der Waals surface area contributed by atoms with Crippen molar-refractivity contribution in [3.8, 4) is 6.07 Å². The molecular weight excluding hydrogens is 228 g/mol. The van der Waals surface area contributed by atoms with Gasteiger partial charge in [-0.1, -0.05) is 39.0 Å². The third-order valence-corrected chi connectivity index (χ3v) is 2.32. The maximum absolute atomic E-state index is 11.9. The lowest BCUT2D eigenvalue weighted by atomic mass is 9.90. The lowest BCUT2D eigenvalue weighted by molar-refractivity contribution is -0.112. The summed E-state index contributed by atoms with van der Waals surface area (Å²) in [5.41, 5.74) is -0.317. The van der Waals surface area contributed by atoms with Crippen molar-refractivity contribution in [3.63, 3.8) is 0 Å². The van der Waals surface area contributed by atoms with Gasteiger partial charge in [0.2, 0.25) is 0 Å². The smallest absolute Gasteiger partial charge is 0.269 e. The molecule has 0 unspecified atom stereocenters. The number of aliphatic hydroxyl groups is 1. The van der Waals surface area contributed by atoms with Crippen LogP contribution in [0.2, 0.25) is 0 Å². The summed E-state index contributed by atoms with van der Waals surface area (Å²) in [5.74, 6) is -0.811. The van der Waals surface area contributed by atoms with E-state index in [1.807, 2.05) is 6.07 Å². The van der Waals surface area contributed by atoms with Gasteiger partial charge >= 0.3 is 0 Å². The number of amides is 1. The molecule has 4 nitrogen and oxygen atoms in total. The van der Waals surface area contributed by atoms with E-state index in [0.717, 1.165) is 0 Å². The molecule has 0 aliphatic heterocycles. The van der Waals surface area contributed by atoms with Crippen LogP contribution < -0.4 is 5.32 Å². The Balaban J connectivity index is 2.99. The molecule has 0 radical (unpaired) electrons. The highest BCUT2D eigenvalue weighted by molar-refractivity contribution is 6.06. The number of hydrogen-bond donors (Lipinski definition) is 2. The van der Waals surface area contributed by atoms with Gasteiger partial charge in [-0.2, -0.15) is 5.26 Å². The number of rotatable bonds is 2. The Morgan fingerprint density at radius 2 is 1.83 bits per heavy atom. The fourth-order valence-electron chi connectivity index (χ4n) is 1.30. The van der Waals surface area contributed by atoms with Gasteiger partial charge in [-0.15, -0.1) is 0 Å². The monoisotopic (exact) mass is 244 g/mol. The number of benzene rings is 1. The molecule has 0 heterocycles. The van der Waals surface area contributed by atoms with E-state index in [0.29, 0.717) is 5.69 Å². The molecule has 0 bridgehead atoms. The molecule has 0 fully saturated rings. The largest absolute Gasteiger partial charge is 0.510 e. The van der Waals surface area contributed by atoms with E-state index in [9.17, 15) is 9.90 Å². The molecule has 0 aromatic heterocycles. The first-order chi connectivity index (χ1) is 8.36. The van der Waals surface area contributed by atoms with Gasteiger partial charge in [0, 0.05) is 11.1 Å². The number of hydrogen-bond acceptors (Lipinski definition) is 3.